The lowest BCUT2D eigenvalue weighted by atomic mass is 10.2. The van der Waals surface area contributed by atoms with E-state index in [-0.39, 0.29) is 11.1 Å². The van der Waals surface area contributed by atoms with Gasteiger partial charge in [-0.15, -0.1) is 0 Å². The summed E-state index contributed by atoms with van der Waals surface area (Å²) in [6.45, 7) is 0.423. The van der Waals surface area contributed by atoms with E-state index in [4.69, 9.17) is 16.3 Å². The maximum atomic E-state index is 12.9. The summed E-state index contributed by atoms with van der Waals surface area (Å²) >= 11 is 16.3. The number of ether oxygens (including phenoxy) is 1. The molecule has 0 saturated carbocycles. The molecule has 0 radical (unpaired) electrons. The average Bonchev–Trinajstić information content (AvgIpc) is 3.01. The normalized spacial score (nSPS) is 15.0. The summed E-state index contributed by atoms with van der Waals surface area (Å²) in [7, 11) is 0. The Hall–Kier alpha value is -1.33. The molecule has 1 aliphatic rings. The van der Waals surface area contributed by atoms with Gasteiger partial charge in [-0.05, 0) is 126 Å². The van der Waals surface area contributed by atoms with E-state index in [1.165, 1.54) is 0 Å². The Labute approximate surface area is 224 Å². The number of rotatable bonds is 5. The second-order valence-corrected chi connectivity index (χ2v) is 11.1. The minimum atomic E-state index is -0.381. The van der Waals surface area contributed by atoms with Gasteiger partial charge in [0.25, 0.3) is 11.1 Å². The number of benzene rings is 3. The average molecular weight is 706 g/mol. The molecule has 0 aliphatic carbocycles. The second kappa shape index (κ2) is 10.3. The predicted molar refractivity (Wildman–Crippen MR) is 145 cm³/mol. The fourth-order valence-electron chi connectivity index (χ4n) is 2.99. The largest absolute Gasteiger partial charge is 0.487 e. The molecule has 1 aliphatic heterocycles. The van der Waals surface area contributed by atoms with Crippen LogP contribution < -0.4 is 9.64 Å². The molecule has 0 N–H and O–H groups in total. The van der Waals surface area contributed by atoms with E-state index in [0.29, 0.717) is 28.0 Å². The number of imide groups is 1. The lowest BCUT2D eigenvalue weighted by Crippen LogP contribution is -2.27. The van der Waals surface area contributed by atoms with Crippen molar-refractivity contribution in [1.82, 2.24) is 0 Å². The van der Waals surface area contributed by atoms with Gasteiger partial charge >= 0.3 is 0 Å². The number of hydrogen-bond donors (Lipinski definition) is 0. The molecule has 1 heterocycles. The quantitative estimate of drug-likeness (QED) is 0.198. The number of thioether (sulfide) groups is 1. The highest BCUT2D eigenvalue weighted by atomic mass is 127. The van der Waals surface area contributed by atoms with Crippen LogP contribution >= 0.6 is 77.8 Å². The van der Waals surface area contributed by atoms with Crippen molar-refractivity contribution in [1.29, 1.82) is 0 Å². The first kappa shape index (κ1) is 23.8. The molecule has 32 heavy (non-hydrogen) atoms. The molecule has 0 bridgehead atoms. The lowest BCUT2D eigenvalue weighted by molar-refractivity contribution is -0.113. The number of halogens is 4. The Kier molecular flexibility index (Phi) is 7.66. The zero-order chi connectivity index (χ0) is 22.8. The number of amides is 2. The maximum absolute atomic E-state index is 12.9. The van der Waals surface area contributed by atoms with Gasteiger partial charge in [0, 0.05) is 8.59 Å². The fourth-order valence-corrected chi connectivity index (χ4v) is 5.83. The molecule has 0 unspecified atom stereocenters. The third-order valence-electron chi connectivity index (χ3n) is 4.47. The predicted octanol–water partition coefficient (Wildman–Crippen LogP) is 8.29. The highest BCUT2D eigenvalue weighted by Crippen LogP contribution is 2.39. The van der Waals surface area contributed by atoms with Crippen molar-refractivity contribution < 1.29 is 14.3 Å². The first-order valence-electron chi connectivity index (χ1n) is 9.21. The van der Waals surface area contributed by atoms with Gasteiger partial charge in [0.2, 0.25) is 0 Å². The molecule has 0 spiro atoms. The summed E-state index contributed by atoms with van der Waals surface area (Å²) in [5, 5.41) is 0.0957. The Morgan fingerprint density at radius 2 is 1.72 bits per heavy atom. The van der Waals surface area contributed by atoms with E-state index in [1.807, 2.05) is 36.4 Å². The van der Waals surface area contributed by atoms with Crippen molar-refractivity contribution >= 4 is 101 Å². The number of nitrogens with zero attached hydrogens (tertiary/aromatic N) is 1. The third-order valence-corrected chi connectivity index (χ3v) is 7.48. The number of carbonyl (C=O) groups is 2. The number of carbonyl (C=O) groups excluding carboxylic acids is 2. The van der Waals surface area contributed by atoms with E-state index in [9.17, 15) is 9.59 Å². The molecular weight excluding hydrogens is 692 g/mol. The molecule has 1 saturated heterocycles. The van der Waals surface area contributed by atoms with Crippen LogP contribution in [0.25, 0.3) is 6.08 Å². The molecule has 162 valence electrons. The van der Waals surface area contributed by atoms with Crippen molar-refractivity contribution in [3.05, 3.63) is 94.2 Å². The van der Waals surface area contributed by atoms with Gasteiger partial charge in [-0.25, -0.2) is 4.90 Å². The van der Waals surface area contributed by atoms with Crippen LogP contribution in [0, 0.1) is 3.57 Å². The van der Waals surface area contributed by atoms with E-state index >= 15 is 0 Å². The van der Waals surface area contributed by atoms with E-state index in [1.54, 1.807) is 30.3 Å². The Bertz CT molecular complexity index is 1230. The molecule has 3 aromatic carbocycles. The van der Waals surface area contributed by atoms with E-state index < -0.39 is 0 Å². The van der Waals surface area contributed by atoms with Gasteiger partial charge in [-0.3, -0.25) is 9.59 Å². The first-order valence-corrected chi connectivity index (χ1v) is 13.1. The lowest BCUT2D eigenvalue weighted by Gasteiger charge is -2.13. The summed E-state index contributed by atoms with van der Waals surface area (Å²) in [4.78, 5) is 26.8. The van der Waals surface area contributed by atoms with Crippen LogP contribution in [0.4, 0.5) is 10.5 Å². The van der Waals surface area contributed by atoms with Gasteiger partial charge in [0.05, 0.1) is 19.5 Å². The monoisotopic (exact) mass is 703 g/mol. The number of hydrogen-bond acceptors (Lipinski definition) is 4. The van der Waals surface area contributed by atoms with Gasteiger partial charge in [0.1, 0.15) is 12.4 Å². The molecule has 0 aromatic heterocycles. The molecule has 9 heteroatoms. The standard InChI is InChI=1S/C23H13Br2ClINO3S/c24-18-8-14(9-19(25)21(18)31-12-13-4-6-16(27)7-5-13)10-20-22(29)28(23(30)32-20)17-3-1-2-15(26)11-17/h1-11H,12H2/b20-10+. The van der Waals surface area contributed by atoms with Crippen LogP contribution in [0.3, 0.4) is 0 Å². The summed E-state index contributed by atoms with van der Waals surface area (Å²) in [6, 6.07) is 18.5. The summed E-state index contributed by atoms with van der Waals surface area (Å²) in [6.07, 6.45) is 1.69. The molecule has 2 amide bonds. The minimum absolute atomic E-state index is 0.335. The SMILES string of the molecule is O=C1S/C(=C/c2cc(Br)c(OCc3ccc(I)cc3)c(Br)c2)C(=O)N1c1cccc(Cl)c1. The van der Waals surface area contributed by atoms with Gasteiger partial charge in [0.15, 0.2) is 0 Å². The highest BCUT2D eigenvalue weighted by molar-refractivity contribution is 14.1. The Morgan fingerprint density at radius 1 is 1.03 bits per heavy atom. The van der Waals surface area contributed by atoms with Gasteiger partial charge in [-0.2, -0.15) is 0 Å². The van der Waals surface area contributed by atoms with Gasteiger partial charge < -0.3 is 4.74 Å². The smallest absolute Gasteiger partial charge is 0.298 e. The Morgan fingerprint density at radius 3 is 2.38 bits per heavy atom. The summed E-state index contributed by atoms with van der Waals surface area (Å²) in [5.74, 6) is 0.279. The Balaban J connectivity index is 1.54. The molecule has 4 rings (SSSR count). The van der Waals surface area contributed by atoms with E-state index in [2.05, 4.69) is 54.5 Å². The van der Waals surface area contributed by atoms with E-state index in [0.717, 1.165) is 40.3 Å². The summed E-state index contributed by atoms with van der Waals surface area (Å²) in [5.41, 5.74) is 2.26. The molecule has 3 aromatic rings. The van der Waals surface area contributed by atoms with Gasteiger partial charge in [-0.1, -0.05) is 29.8 Å². The van der Waals surface area contributed by atoms with Crippen LogP contribution in [-0.2, 0) is 11.4 Å². The van der Waals surface area contributed by atoms with Crippen LogP contribution in [0.5, 0.6) is 5.75 Å². The topological polar surface area (TPSA) is 46.6 Å². The highest BCUT2D eigenvalue weighted by Gasteiger charge is 2.36. The molecule has 1 fully saturated rings. The number of anilines is 1. The van der Waals surface area contributed by atoms with Crippen LogP contribution in [0.2, 0.25) is 5.02 Å². The molecule has 0 atom stereocenters. The maximum Gasteiger partial charge on any atom is 0.298 e. The second-order valence-electron chi connectivity index (χ2n) is 6.73. The van der Waals surface area contributed by atoms with Crippen LogP contribution in [0.15, 0.2) is 74.5 Å². The van der Waals surface area contributed by atoms with Crippen molar-refractivity contribution in [3.63, 3.8) is 0 Å². The molecular formula is C23H13Br2ClINO3S. The first-order chi connectivity index (χ1) is 15.3. The van der Waals surface area contributed by atoms with Crippen molar-refractivity contribution in [3.8, 4) is 5.75 Å². The van der Waals surface area contributed by atoms with Crippen molar-refractivity contribution in [2.45, 2.75) is 6.61 Å². The van der Waals surface area contributed by atoms with Crippen LogP contribution in [-0.4, -0.2) is 11.1 Å². The van der Waals surface area contributed by atoms with Crippen LogP contribution in [0.1, 0.15) is 11.1 Å². The summed E-state index contributed by atoms with van der Waals surface area (Å²) < 4.78 is 8.61. The zero-order valence-electron chi connectivity index (χ0n) is 16.2. The zero-order valence-corrected chi connectivity index (χ0v) is 23.1. The van der Waals surface area contributed by atoms with Crippen molar-refractivity contribution in [2.75, 3.05) is 4.90 Å². The fraction of sp³-hybridized carbons (Fsp3) is 0.0435. The third kappa shape index (κ3) is 5.41. The van der Waals surface area contributed by atoms with Crippen molar-refractivity contribution in [2.24, 2.45) is 0 Å². The minimum Gasteiger partial charge on any atom is -0.487 e. The molecule has 4 nitrogen and oxygen atoms in total.